The third-order valence-electron chi connectivity index (χ3n) is 2.99. The van der Waals surface area contributed by atoms with Gasteiger partial charge < -0.3 is 16.4 Å². The first-order valence-electron chi connectivity index (χ1n) is 7.61. The number of nitrogen functional groups attached to an aromatic ring is 1. The first kappa shape index (κ1) is 17.5. The van der Waals surface area contributed by atoms with Crippen LogP contribution in [-0.2, 0) is 0 Å². The Morgan fingerprint density at radius 3 is 2.57 bits per heavy atom. The van der Waals surface area contributed by atoms with Crippen LogP contribution < -0.4 is 16.4 Å². The molecular formula is C16H30N5. The van der Waals surface area contributed by atoms with Gasteiger partial charge in [0.15, 0.2) is 5.82 Å². The fraction of sp³-hybridized carbons (Fsp3) is 0.688. The van der Waals surface area contributed by atoms with E-state index in [4.69, 9.17) is 5.73 Å². The molecule has 0 saturated heterocycles. The third kappa shape index (κ3) is 7.16. The zero-order chi connectivity index (χ0) is 16.0. The summed E-state index contributed by atoms with van der Waals surface area (Å²) in [5.41, 5.74) is 6.44. The van der Waals surface area contributed by atoms with Gasteiger partial charge in [-0.05, 0) is 45.4 Å². The number of hydrogen-bond acceptors (Lipinski definition) is 5. The molecule has 1 atom stereocenters. The molecule has 119 valence electrons. The molecule has 0 spiro atoms. The highest BCUT2D eigenvalue weighted by Gasteiger charge is 2.13. The van der Waals surface area contributed by atoms with Crippen molar-refractivity contribution in [2.24, 2.45) is 5.92 Å². The van der Waals surface area contributed by atoms with Crippen molar-refractivity contribution in [3.05, 3.63) is 12.1 Å². The third-order valence-corrected chi connectivity index (χ3v) is 2.99. The Morgan fingerprint density at radius 1 is 1.33 bits per heavy atom. The Labute approximate surface area is 129 Å². The number of anilines is 3. The van der Waals surface area contributed by atoms with Crippen molar-refractivity contribution < 1.29 is 0 Å². The van der Waals surface area contributed by atoms with Crippen molar-refractivity contribution in [3.63, 3.8) is 0 Å². The molecule has 1 heterocycles. The van der Waals surface area contributed by atoms with Gasteiger partial charge in [0, 0.05) is 12.1 Å². The number of nitrogens with zero attached hydrogens (tertiary/aromatic N) is 2. The van der Waals surface area contributed by atoms with Crippen LogP contribution in [0.4, 0.5) is 17.5 Å². The van der Waals surface area contributed by atoms with Crippen LogP contribution in [0.25, 0.3) is 0 Å². The smallest absolute Gasteiger partial charge is 0.225 e. The molecule has 0 aromatic carbocycles. The number of rotatable bonds is 7. The van der Waals surface area contributed by atoms with Crippen molar-refractivity contribution in [1.82, 2.24) is 9.97 Å². The van der Waals surface area contributed by atoms with Crippen molar-refractivity contribution in [3.8, 4) is 0 Å². The zero-order valence-corrected chi connectivity index (χ0v) is 14.2. The van der Waals surface area contributed by atoms with E-state index in [1.54, 1.807) is 6.20 Å². The molecule has 1 rings (SSSR count). The molecule has 1 unspecified atom stereocenters. The van der Waals surface area contributed by atoms with E-state index in [0.717, 1.165) is 19.4 Å². The summed E-state index contributed by atoms with van der Waals surface area (Å²) in [6.07, 6.45) is 3.91. The lowest BCUT2D eigenvalue weighted by molar-refractivity contribution is 0.517. The summed E-state index contributed by atoms with van der Waals surface area (Å²) in [4.78, 5) is 8.67. The predicted octanol–water partition coefficient (Wildman–Crippen LogP) is 3.71. The second-order valence-corrected chi connectivity index (χ2v) is 7.10. The lowest BCUT2D eigenvalue weighted by Gasteiger charge is -2.21. The van der Waals surface area contributed by atoms with Crippen LogP contribution in [0.15, 0.2) is 6.20 Å². The molecule has 0 aliphatic carbocycles. The summed E-state index contributed by atoms with van der Waals surface area (Å²) in [5.74, 6) is 3.45. The van der Waals surface area contributed by atoms with Gasteiger partial charge in [0.1, 0.15) is 0 Å². The molecular weight excluding hydrogens is 262 g/mol. The van der Waals surface area contributed by atoms with Gasteiger partial charge >= 0.3 is 0 Å². The van der Waals surface area contributed by atoms with E-state index in [0.29, 0.717) is 23.4 Å². The molecule has 5 nitrogen and oxygen atoms in total. The molecule has 0 fully saturated rings. The molecule has 0 aliphatic heterocycles. The fourth-order valence-corrected chi connectivity index (χ4v) is 2.16. The van der Waals surface area contributed by atoms with E-state index in [2.05, 4.69) is 62.1 Å². The quantitative estimate of drug-likeness (QED) is 0.714. The number of nitrogens with two attached hydrogens (primary N) is 1. The minimum atomic E-state index is -0.0730. The monoisotopic (exact) mass is 292 g/mol. The summed E-state index contributed by atoms with van der Waals surface area (Å²) in [5, 5.41) is 6.57. The SMILES string of the molecule is C[C](C)CC(C)CCNc1nc(NC(C)(C)C)ncc1N. The highest BCUT2D eigenvalue weighted by atomic mass is 15.2. The Balaban J connectivity index is 2.56. The molecule has 5 heteroatoms. The standard InChI is InChI=1S/C16H30N5/c1-11(2)9-12(3)7-8-18-14-13(17)10-19-15(20-14)21-16(4,5)6/h10,12H,7-9,17H2,1-6H3,(H2,18,19,20,21). The van der Waals surface area contributed by atoms with E-state index in [1.807, 2.05) is 0 Å². The normalized spacial score (nSPS) is 13.3. The molecule has 0 bridgehead atoms. The second kappa shape index (κ2) is 7.48. The molecule has 1 aromatic heterocycles. The van der Waals surface area contributed by atoms with E-state index >= 15 is 0 Å². The van der Waals surface area contributed by atoms with Gasteiger partial charge in [-0.15, -0.1) is 0 Å². The average molecular weight is 292 g/mol. The predicted molar refractivity (Wildman–Crippen MR) is 91.3 cm³/mol. The maximum atomic E-state index is 5.93. The highest BCUT2D eigenvalue weighted by molar-refractivity contribution is 5.61. The van der Waals surface area contributed by atoms with Gasteiger partial charge in [-0.25, -0.2) is 4.98 Å². The first-order chi connectivity index (χ1) is 9.67. The maximum Gasteiger partial charge on any atom is 0.225 e. The summed E-state index contributed by atoms with van der Waals surface area (Å²) < 4.78 is 0. The Hall–Kier alpha value is -1.52. The van der Waals surface area contributed by atoms with Gasteiger partial charge in [-0.3, -0.25) is 0 Å². The van der Waals surface area contributed by atoms with E-state index in [-0.39, 0.29) is 5.54 Å². The largest absolute Gasteiger partial charge is 0.394 e. The van der Waals surface area contributed by atoms with E-state index < -0.39 is 0 Å². The van der Waals surface area contributed by atoms with Crippen molar-refractivity contribution in [2.45, 2.75) is 59.9 Å². The topological polar surface area (TPSA) is 75.9 Å². The fourth-order valence-electron chi connectivity index (χ4n) is 2.16. The van der Waals surface area contributed by atoms with Crippen molar-refractivity contribution in [1.29, 1.82) is 0 Å². The second-order valence-electron chi connectivity index (χ2n) is 7.10. The number of nitrogens with one attached hydrogen (secondary N) is 2. The van der Waals surface area contributed by atoms with Gasteiger partial charge in [-0.1, -0.05) is 20.8 Å². The summed E-state index contributed by atoms with van der Waals surface area (Å²) >= 11 is 0. The lowest BCUT2D eigenvalue weighted by atomic mass is 9.96. The van der Waals surface area contributed by atoms with E-state index in [9.17, 15) is 0 Å². The molecule has 0 saturated carbocycles. The van der Waals surface area contributed by atoms with Gasteiger partial charge in [0.2, 0.25) is 5.95 Å². The van der Waals surface area contributed by atoms with Crippen LogP contribution in [0.3, 0.4) is 0 Å². The Bertz CT molecular complexity index is 437. The molecule has 1 radical (unpaired) electrons. The van der Waals surface area contributed by atoms with Gasteiger partial charge in [-0.2, -0.15) is 4.98 Å². The van der Waals surface area contributed by atoms with Crippen LogP contribution >= 0.6 is 0 Å². The van der Waals surface area contributed by atoms with Gasteiger partial charge in [0.05, 0.1) is 11.9 Å². The molecule has 1 aromatic rings. The van der Waals surface area contributed by atoms with Crippen LogP contribution in [0.1, 0.15) is 54.4 Å². The minimum absolute atomic E-state index is 0.0730. The number of aromatic nitrogens is 2. The highest BCUT2D eigenvalue weighted by Crippen LogP contribution is 2.20. The molecule has 21 heavy (non-hydrogen) atoms. The molecule has 0 amide bonds. The summed E-state index contributed by atoms with van der Waals surface area (Å²) in [6, 6.07) is 0. The van der Waals surface area contributed by atoms with Crippen LogP contribution in [0, 0.1) is 11.8 Å². The average Bonchev–Trinajstić information content (AvgIpc) is 2.30. The Morgan fingerprint density at radius 2 is 2.00 bits per heavy atom. The number of hydrogen-bond donors (Lipinski definition) is 3. The Kier molecular flexibility index (Phi) is 6.24. The summed E-state index contributed by atoms with van der Waals surface area (Å²) in [6.45, 7) is 13.7. The molecule has 4 N–H and O–H groups in total. The first-order valence-corrected chi connectivity index (χ1v) is 7.61. The van der Waals surface area contributed by atoms with Crippen molar-refractivity contribution in [2.75, 3.05) is 22.9 Å². The summed E-state index contributed by atoms with van der Waals surface area (Å²) in [7, 11) is 0. The molecule has 0 aliphatic rings. The van der Waals surface area contributed by atoms with E-state index in [1.165, 1.54) is 5.92 Å². The van der Waals surface area contributed by atoms with Crippen LogP contribution in [-0.4, -0.2) is 22.1 Å². The van der Waals surface area contributed by atoms with Crippen LogP contribution in [0.5, 0.6) is 0 Å². The van der Waals surface area contributed by atoms with Crippen LogP contribution in [0.2, 0.25) is 0 Å². The zero-order valence-electron chi connectivity index (χ0n) is 14.2. The van der Waals surface area contributed by atoms with Gasteiger partial charge in [0.25, 0.3) is 0 Å². The van der Waals surface area contributed by atoms with Crippen molar-refractivity contribution >= 4 is 17.5 Å². The lowest BCUT2D eigenvalue weighted by Crippen LogP contribution is -2.27. The minimum Gasteiger partial charge on any atom is -0.394 e. The maximum absolute atomic E-state index is 5.93.